The van der Waals surface area contributed by atoms with Gasteiger partial charge in [-0.3, -0.25) is 4.79 Å². The third-order valence-corrected chi connectivity index (χ3v) is 4.13. The summed E-state index contributed by atoms with van der Waals surface area (Å²) in [5.41, 5.74) is 7.04. The molecule has 0 aromatic heterocycles. The van der Waals surface area contributed by atoms with E-state index in [1.807, 2.05) is 17.0 Å². The van der Waals surface area contributed by atoms with Crippen LogP contribution in [0.2, 0.25) is 0 Å². The minimum absolute atomic E-state index is 0.0393. The van der Waals surface area contributed by atoms with Crippen LogP contribution in [0, 0.1) is 5.92 Å². The van der Waals surface area contributed by atoms with Crippen LogP contribution in [0.3, 0.4) is 0 Å². The van der Waals surface area contributed by atoms with Gasteiger partial charge in [-0.25, -0.2) is 0 Å². The Morgan fingerprint density at radius 2 is 2.05 bits per heavy atom. The molecule has 3 N–H and O–H groups in total. The second kappa shape index (κ2) is 6.27. The molecule has 1 saturated heterocycles. The number of piperidine rings is 1. The molecule has 1 aliphatic rings. The van der Waals surface area contributed by atoms with Crippen LogP contribution < -0.4 is 5.73 Å². The van der Waals surface area contributed by atoms with Gasteiger partial charge in [0.1, 0.15) is 5.75 Å². The van der Waals surface area contributed by atoms with Crippen LogP contribution >= 0.6 is 0 Å². The Morgan fingerprint density at radius 1 is 1.40 bits per heavy atom. The number of rotatable bonds is 3. The van der Waals surface area contributed by atoms with Gasteiger partial charge in [-0.15, -0.1) is 0 Å². The summed E-state index contributed by atoms with van der Waals surface area (Å²) in [5.74, 6) is 0.951. The summed E-state index contributed by atoms with van der Waals surface area (Å²) in [6.07, 6.45) is 2.62. The molecule has 110 valence electrons. The van der Waals surface area contributed by atoms with E-state index in [9.17, 15) is 9.90 Å². The Hall–Kier alpha value is -1.55. The monoisotopic (exact) mass is 276 g/mol. The highest BCUT2D eigenvalue weighted by Crippen LogP contribution is 2.23. The molecule has 2 unspecified atom stereocenters. The molecule has 1 amide bonds. The predicted molar refractivity (Wildman–Crippen MR) is 79.4 cm³/mol. The quantitative estimate of drug-likeness (QED) is 0.886. The number of hydrogen-bond acceptors (Lipinski definition) is 3. The van der Waals surface area contributed by atoms with Crippen LogP contribution in [-0.2, 0) is 11.2 Å². The molecule has 0 bridgehead atoms. The van der Waals surface area contributed by atoms with Crippen molar-refractivity contribution in [2.75, 3.05) is 6.54 Å². The summed E-state index contributed by atoms with van der Waals surface area (Å²) in [6.45, 7) is 5.14. The van der Waals surface area contributed by atoms with Gasteiger partial charge in [-0.1, -0.05) is 19.1 Å². The first-order valence-electron chi connectivity index (χ1n) is 7.31. The zero-order chi connectivity index (χ0) is 14.7. The van der Waals surface area contributed by atoms with Crippen molar-refractivity contribution in [2.45, 2.75) is 45.2 Å². The number of benzene rings is 1. The van der Waals surface area contributed by atoms with E-state index in [4.69, 9.17) is 5.73 Å². The lowest BCUT2D eigenvalue weighted by Crippen LogP contribution is -2.51. The van der Waals surface area contributed by atoms with Crippen molar-refractivity contribution in [1.82, 2.24) is 4.90 Å². The van der Waals surface area contributed by atoms with Crippen LogP contribution in [0.5, 0.6) is 5.75 Å². The van der Waals surface area contributed by atoms with E-state index in [-0.39, 0.29) is 17.7 Å². The van der Waals surface area contributed by atoms with E-state index in [2.05, 4.69) is 13.8 Å². The average molecular weight is 276 g/mol. The van der Waals surface area contributed by atoms with E-state index in [1.54, 1.807) is 12.1 Å². The minimum Gasteiger partial charge on any atom is -0.508 e. The molecule has 1 fully saturated rings. The van der Waals surface area contributed by atoms with Gasteiger partial charge in [0.2, 0.25) is 5.91 Å². The topological polar surface area (TPSA) is 66.6 Å². The smallest absolute Gasteiger partial charge is 0.240 e. The predicted octanol–water partition coefficient (Wildman–Crippen LogP) is 1.91. The molecule has 1 aliphatic heterocycles. The molecule has 4 nitrogen and oxygen atoms in total. The Morgan fingerprint density at radius 3 is 2.65 bits per heavy atom. The summed E-state index contributed by atoms with van der Waals surface area (Å²) in [4.78, 5) is 14.4. The van der Waals surface area contributed by atoms with Crippen molar-refractivity contribution >= 4 is 5.91 Å². The molecule has 1 aromatic carbocycles. The fourth-order valence-electron chi connectivity index (χ4n) is 2.92. The van der Waals surface area contributed by atoms with Gasteiger partial charge in [0.25, 0.3) is 0 Å². The van der Waals surface area contributed by atoms with E-state index >= 15 is 0 Å². The van der Waals surface area contributed by atoms with Crippen molar-refractivity contribution in [3.8, 4) is 5.75 Å². The van der Waals surface area contributed by atoms with Crippen LogP contribution in [0.4, 0.5) is 0 Å². The number of aromatic hydroxyl groups is 1. The number of nitrogens with two attached hydrogens (primary N) is 1. The van der Waals surface area contributed by atoms with Crippen LogP contribution in [-0.4, -0.2) is 34.5 Å². The molecule has 0 saturated carbocycles. The van der Waals surface area contributed by atoms with Crippen LogP contribution in [0.25, 0.3) is 0 Å². The maximum Gasteiger partial charge on any atom is 0.240 e. The van der Waals surface area contributed by atoms with Gasteiger partial charge < -0.3 is 15.7 Å². The standard InChI is InChI=1S/C16H24N2O2/c1-11-7-8-18(12(2)9-11)16(20)15(17)10-13-3-5-14(19)6-4-13/h3-6,11-12,15,19H,7-10,17H2,1-2H3/t11?,12?,15-/m0/s1. The van der Waals surface area contributed by atoms with Gasteiger partial charge in [-0.05, 0) is 49.8 Å². The number of phenols is 1. The first kappa shape index (κ1) is 14.9. The number of phenolic OH excluding ortho intramolecular Hbond substituents is 1. The zero-order valence-electron chi connectivity index (χ0n) is 12.2. The van der Waals surface area contributed by atoms with Crippen molar-refractivity contribution < 1.29 is 9.90 Å². The molecule has 0 aliphatic carbocycles. The second-order valence-electron chi connectivity index (χ2n) is 5.99. The third kappa shape index (κ3) is 3.51. The largest absolute Gasteiger partial charge is 0.508 e. The van der Waals surface area contributed by atoms with Gasteiger partial charge in [0.05, 0.1) is 6.04 Å². The zero-order valence-corrected chi connectivity index (χ0v) is 12.2. The Kier molecular flexibility index (Phi) is 4.65. The third-order valence-electron chi connectivity index (χ3n) is 4.13. The number of nitrogens with zero attached hydrogens (tertiary/aromatic N) is 1. The minimum atomic E-state index is -0.504. The molecule has 20 heavy (non-hydrogen) atoms. The molecule has 2 rings (SSSR count). The summed E-state index contributed by atoms with van der Waals surface area (Å²) in [6, 6.07) is 6.64. The number of carbonyl (C=O) groups is 1. The highest BCUT2D eigenvalue weighted by atomic mass is 16.3. The SMILES string of the molecule is CC1CCN(C(=O)[C@@H](N)Cc2ccc(O)cc2)C(C)C1. The molecule has 0 radical (unpaired) electrons. The highest BCUT2D eigenvalue weighted by Gasteiger charge is 2.29. The molecular formula is C16H24N2O2. The Labute approximate surface area is 120 Å². The molecule has 3 atom stereocenters. The molecule has 0 spiro atoms. The van der Waals surface area contributed by atoms with E-state index in [1.165, 1.54) is 0 Å². The fourth-order valence-corrected chi connectivity index (χ4v) is 2.92. The number of amides is 1. The number of carbonyl (C=O) groups excluding carboxylic acids is 1. The average Bonchev–Trinajstić information content (AvgIpc) is 2.40. The maximum atomic E-state index is 12.4. The Balaban J connectivity index is 1.96. The van der Waals surface area contributed by atoms with Crippen LogP contribution in [0.15, 0.2) is 24.3 Å². The second-order valence-corrected chi connectivity index (χ2v) is 5.99. The van der Waals surface area contributed by atoms with Crippen molar-refractivity contribution in [3.05, 3.63) is 29.8 Å². The van der Waals surface area contributed by atoms with Gasteiger partial charge >= 0.3 is 0 Å². The number of likely N-dealkylation sites (tertiary alicyclic amines) is 1. The summed E-state index contributed by atoms with van der Waals surface area (Å²) >= 11 is 0. The van der Waals surface area contributed by atoms with Crippen molar-refractivity contribution in [3.63, 3.8) is 0 Å². The lowest BCUT2D eigenvalue weighted by atomic mass is 9.92. The van der Waals surface area contributed by atoms with Crippen molar-refractivity contribution in [1.29, 1.82) is 0 Å². The van der Waals surface area contributed by atoms with Gasteiger partial charge in [0, 0.05) is 12.6 Å². The molecule has 1 heterocycles. The number of hydrogen-bond donors (Lipinski definition) is 2. The highest BCUT2D eigenvalue weighted by molar-refractivity contribution is 5.82. The lowest BCUT2D eigenvalue weighted by Gasteiger charge is -2.38. The van der Waals surface area contributed by atoms with E-state index in [0.29, 0.717) is 12.3 Å². The van der Waals surface area contributed by atoms with Gasteiger partial charge in [0.15, 0.2) is 0 Å². The summed E-state index contributed by atoms with van der Waals surface area (Å²) in [7, 11) is 0. The van der Waals surface area contributed by atoms with E-state index < -0.39 is 6.04 Å². The lowest BCUT2D eigenvalue weighted by molar-refractivity contribution is -0.136. The van der Waals surface area contributed by atoms with E-state index in [0.717, 1.165) is 24.9 Å². The molecular weight excluding hydrogens is 252 g/mol. The van der Waals surface area contributed by atoms with Crippen molar-refractivity contribution in [2.24, 2.45) is 11.7 Å². The normalized spacial score (nSPS) is 24.4. The summed E-state index contributed by atoms with van der Waals surface area (Å²) in [5, 5.41) is 9.26. The van der Waals surface area contributed by atoms with Gasteiger partial charge in [-0.2, -0.15) is 0 Å². The maximum absolute atomic E-state index is 12.4. The summed E-state index contributed by atoms with van der Waals surface area (Å²) < 4.78 is 0. The van der Waals surface area contributed by atoms with Crippen LogP contribution in [0.1, 0.15) is 32.3 Å². The Bertz CT molecular complexity index is 458. The first-order valence-corrected chi connectivity index (χ1v) is 7.31. The molecule has 4 heteroatoms. The first-order chi connectivity index (χ1) is 9.47. The molecule has 1 aromatic rings. The fraction of sp³-hybridized carbons (Fsp3) is 0.562.